The van der Waals surface area contributed by atoms with Crippen molar-refractivity contribution in [2.75, 3.05) is 38.0 Å². The Hall–Kier alpha value is -4.00. The van der Waals surface area contributed by atoms with Crippen LogP contribution < -0.4 is 15.0 Å². The lowest BCUT2D eigenvalue weighted by Crippen LogP contribution is -2.35. The van der Waals surface area contributed by atoms with Gasteiger partial charge in [-0.15, -0.1) is 0 Å². The lowest BCUT2D eigenvalue weighted by atomic mass is 10.1. The summed E-state index contributed by atoms with van der Waals surface area (Å²) in [5.41, 5.74) is 4.76. The topological polar surface area (TPSA) is 62.1 Å². The summed E-state index contributed by atoms with van der Waals surface area (Å²) in [6, 6.07) is 21.7. The monoisotopic (exact) mass is 455 g/mol. The largest absolute Gasteiger partial charge is 0.497 e. The molecule has 0 saturated carbocycles. The Morgan fingerprint density at radius 2 is 1.91 bits per heavy atom. The number of nitrogens with one attached hydrogen (secondary N) is 1. The number of anilines is 2. The highest BCUT2D eigenvalue weighted by molar-refractivity contribution is 5.90. The Labute approximate surface area is 199 Å². The molecule has 7 heteroatoms. The molecule has 1 N–H and O–H groups in total. The molecule has 1 atom stereocenters. The summed E-state index contributed by atoms with van der Waals surface area (Å²) < 4.78 is 7.53. The van der Waals surface area contributed by atoms with Gasteiger partial charge in [0.25, 0.3) is 0 Å². The molecule has 2 aromatic carbocycles. The van der Waals surface area contributed by atoms with Gasteiger partial charge in [-0.25, -0.2) is 9.78 Å². The van der Waals surface area contributed by atoms with E-state index in [-0.39, 0.29) is 12.1 Å². The van der Waals surface area contributed by atoms with E-state index >= 15 is 0 Å². The second-order valence-electron chi connectivity index (χ2n) is 8.73. The van der Waals surface area contributed by atoms with Gasteiger partial charge >= 0.3 is 6.03 Å². The number of imidazole rings is 1. The Morgan fingerprint density at radius 1 is 1.09 bits per heavy atom. The molecule has 0 radical (unpaired) electrons. The number of aromatic nitrogens is 2. The first-order chi connectivity index (χ1) is 16.5. The Morgan fingerprint density at radius 3 is 2.68 bits per heavy atom. The first-order valence-electron chi connectivity index (χ1n) is 11.5. The number of hydrogen-bond acceptors (Lipinski definition) is 4. The summed E-state index contributed by atoms with van der Waals surface area (Å²) in [7, 11) is 5.66. The van der Waals surface area contributed by atoms with Gasteiger partial charge in [-0.3, -0.25) is 0 Å². The summed E-state index contributed by atoms with van der Waals surface area (Å²) in [4.78, 5) is 22.3. The SMILES string of the molecule is COc1cccc(-c2nc([C@H]3CCCN3C(=O)Nc3ccc(N(C)C)cc3)n3ccccc23)c1. The minimum Gasteiger partial charge on any atom is -0.497 e. The van der Waals surface area contributed by atoms with E-state index in [1.807, 2.05) is 90.8 Å². The quantitative estimate of drug-likeness (QED) is 0.435. The van der Waals surface area contributed by atoms with Crippen LogP contribution in [-0.4, -0.2) is 48.1 Å². The zero-order valence-electron chi connectivity index (χ0n) is 19.7. The van der Waals surface area contributed by atoms with Crippen molar-refractivity contribution in [1.29, 1.82) is 0 Å². The van der Waals surface area contributed by atoms with E-state index in [2.05, 4.69) is 15.8 Å². The molecular weight excluding hydrogens is 426 g/mol. The van der Waals surface area contributed by atoms with Gasteiger partial charge in [-0.05, 0) is 61.4 Å². The molecule has 174 valence electrons. The number of methoxy groups -OCH3 is 1. The molecule has 2 amide bonds. The summed E-state index contributed by atoms with van der Waals surface area (Å²) >= 11 is 0. The van der Waals surface area contributed by atoms with E-state index in [0.717, 1.165) is 52.6 Å². The number of amides is 2. The van der Waals surface area contributed by atoms with Crippen molar-refractivity contribution in [2.24, 2.45) is 0 Å². The van der Waals surface area contributed by atoms with Crippen LogP contribution in [0.25, 0.3) is 16.8 Å². The molecule has 5 rings (SSSR count). The minimum atomic E-state index is -0.102. The third-order valence-electron chi connectivity index (χ3n) is 6.37. The van der Waals surface area contributed by atoms with E-state index in [4.69, 9.17) is 9.72 Å². The summed E-state index contributed by atoms with van der Waals surface area (Å²) in [6.07, 6.45) is 3.84. The lowest BCUT2D eigenvalue weighted by molar-refractivity contribution is 0.205. The second-order valence-corrected chi connectivity index (χ2v) is 8.73. The maximum absolute atomic E-state index is 13.3. The fraction of sp³-hybridized carbons (Fsp3) is 0.259. The van der Waals surface area contributed by atoms with Gasteiger partial charge in [-0.1, -0.05) is 18.2 Å². The maximum atomic E-state index is 13.3. The van der Waals surface area contributed by atoms with E-state index in [9.17, 15) is 4.79 Å². The van der Waals surface area contributed by atoms with Crippen LogP contribution in [0.1, 0.15) is 24.7 Å². The van der Waals surface area contributed by atoms with Crippen molar-refractivity contribution in [2.45, 2.75) is 18.9 Å². The van der Waals surface area contributed by atoms with Crippen molar-refractivity contribution in [3.63, 3.8) is 0 Å². The first kappa shape index (κ1) is 21.8. The zero-order chi connectivity index (χ0) is 23.7. The van der Waals surface area contributed by atoms with E-state index in [1.54, 1.807) is 7.11 Å². The molecule has 2 aromatic heterocycles. The molecule has 7 nitrogen and oxygen atoms in total. The van der Waals surface area contributed by atoms with Gasteiger partial charge in [-0.2, -0.15) is 0 Å². The highest BCUT2D eigenvalue weighted by atomic mass is 16.5. The number of ether oxygens (including phenoxy) is 1. The Kier molecular flexibility index (Phi) is 5.84. The average Bonchev–Trinajstić information content (AvgIpc) is 3.49. The van der Waals surface area contributed by atoms with Crippen molar-refractivity contribution in [3.05, 3.63) is 78.8 Å². The molecule has 34 heavy (non-hydrogen) atoms. The van der Waals surface area contributed by atoms with E-state index < -0.39 is 0 Å². The predicted octanol–water partition coefficient (Wildman–Crippen LogP) is 5.44. The second kappa shape index (κ2) is 9.09. The number of likely N-dealkylation sites (tertiary alicyclic amines) is 1. The van der Waals surface area contributed by atoms with Crippen LogP contribution in [0.4, 0.5) is 16.2 Å². The number of pyridine rings is 1. The highest BCUT2D eigenvalue weighted by Crippen LogP contribution is 2.36. The third-order valence-corrected chi connectivity index (χ3v) is 6.37. The van der Waals surface area contributed by atoms with E-state index in [1.165, 1.54) is 0 Å². The van der Waals surface area contributed by atoms with Crippen LogP contribution in [0, 0.1) is 0 Å². The van der Waals surface area contributed by atoms with Crippen molar-refractivity contribution >= 4 is 22.9 Å². The normalized spacial score (nSPS) is 15.5. The fourth-order valence-electron chi connectivity index (χ4n) is 4.60. The number of carbonyl (C=O) groups excluding carboxylic acids is 1. The molecule has 1 aliphatic rings. The van der Waals surface area contributed by atoms with Gasteiger partial charge in [0.2, 0.25) is 0 Å². The van der Waals surface area contributed by atoms with Crippen molar-refractivity contribution in [1.82, 2.24) is 14.3 Å². The molecule has 0 aliphatic carbocycles. The smallest absolute Gasteiger partial charge is 0.322 e. The number of urea groups is 1. The van der Waals surface area contributed by atoms with Crippen LogP contribution in [-0.2, 0) is 0 Å². The first-order valence-corrected chi connectivity index (χ1v) is 11.5. The molecule has 4 aromatic rings. The standard InChI is InChI=1S/C27H29N5O2/c1-30(2)21-14-12-20(13-15-21)28-27(33)32-17-7-11-24(32)26-29-25(23-10-4-5-16-31(23)26)19-8-6-9-22(18-19)34-3/h4-6,8-10,12-16,18,24H,7,11,17H2,1-3H3,(H,28,33)/t24-/m1/s1. The number of rotatable bonds is 5. The molecule has 3 heterocycles. The van der Waals surface area contributed by atoms with Crippen LogP contribution in [0.3, 0.4) is 0 Å². The number of benzene rings is 2. The van der Waals surface area contributed by atoms with Gasteiger partial charge in [0.15, 0.2) is 0 Å². The van der Waals surface area contributed by atoms with Gasteiger partial charge in [0.1, 0.15) is 11.6 Å². The zero-order valence-corrected chi connectivity index (χ0v) is 19.7. The van der Waals surface area contributed by atoms with Gasteiger partial charge in [0.05, 0.1) is 24.4 Å². The average molecular weight is 456 g/mol. The van der Waals surface area contributed by atoms with E-state index in [0.29, 0.717) is 6.54 Å². The fourth-order valence-corrected chi connectivity index (χ4v) is 4.60. The Bertz CT molecular complexity index is 1310. The molecule has 1 aliphatic heterocycles. The summed E-state index contributed by atoms with van der Waals surface area (Å²) in [5.74, 6) is 1.67. The van der Waals surface area contributed by atoms with Crippen molar-refractivity contribution in [3.8, 4) is 17.0 Å². The van der Waals surface area contributed by atoms with Crippen LogP contribution in [0.5, 0.6) is 5.75 Å². The number of nitrogens with zero attached hydrogens (tertiary/aromatic N) is 4. The number of hydrogen-bond donors (Lipinski definition) is 1. The van der Waals surface area contributed by atoms with Crippen LogP contribution >= 0.6 is 0 Å². The molecule has 1 saturated heterocycles. The predicted molar refractivity (Wildman–Crippen MR) is 136 cm³/mol. The highest BCUT2D eigenvalue weighted by Gasteiger charge is 2.33. The third kappa shape index (κ3) is 4.05. The number of carbonyl (C=O) groups is 1. The lowest BCUT2D eigenvalue weighted by Gasteiger charge is -2.24. The molecular formula is C27H29N5O2. The molecule has 0 unspecified atom stereocenters. The summed E-state index contributed by atoms with van der Waals surface area (Å²) in [5, 5.41) is 3.07. The maximum Gasteiger partial charge on any atom is 0.322 e. The van der Waals surface area contributed by atoms with Crippen LogP contribution in [0.15, 0.2) is 72.9 Å². The van der Waals surface area contributed by atoms with Crippen molar-refractivity contribution < 1.29 is 9.53 Å². The number of fused-ring (bicyclic) bond motifs is 1. The van der Waals surface area contributed by atoms with Crippen LogP contribution in [0.2, 0.25) is 0 Å². The molecule has 0 bridgehead atoms. The molecule has 0 spiro atoms. The van der Waals surface area contributed by atoms with Gasteiger partial charge in [0, 0.05) is 43.8 Å². The minimum absolute atomic E-state index is 0.101. The Balaban J connectivity index is 1.46. The van der Waals surface area contributed by atoms with Gasteiger partial charge < -0.3 is 24.3 Å². The molecule has 1 fully saturated rings. The summed E-state index contributed by atoms with van der Waals surface area (Å²) in [6.45, 7) is 0.697.